The second kappa shape index (κ2) is 7.92. The molecule has 0 rings (SSSR count). The van der Waals surface area contributed by atoms with Crippen molar-refractivity contribution in [3.8, 4) is 0 Å². The van der Waals surface area contributed by atoms with Crippen LogP contribution in [0, 0.1) is 0 Å². The largest absolute Gasteiger partial charge is 0.467 e. The number of carbonyl (C=O) groups is 2. The van der Waals surface area contributed by atoms with E-state index in [2.05, 4.69) is 10.1 Å². The molecule has 0 aromatic heterocycles. The minimum atomic E-state index is -0.739. The number of nitrogens with one attached hydrogen (secondary N) is 1. The maximum absolute atomic E-state index is 11.5. The smallest absolute Gasteiger partial charge is 0.408 e. The number of esters is 1. The van der Waals surface area contributed by atoms with Gasteiger partial charge in [0.15, 0.2) is 0 Å². The van der Waals surface area contributed by atoms with Gasteiger partial charge in [0.05, 0.1) is 7.11 Å². The molecule has 0 radical (unpaired) electrons. The number of aliphatic hydroxyl groups excluding tert-OH is 1. The lowest BCUT2D eigenvalue weighted by molar-refractivity contribution is -0.143. The fraction of sp³-hybridized carbons (Fsp3) is 0.833. The molecule has 0 heterocycles. The van der Waals surface area contributed by atoms with Crippen LogP contribution in [0.2, 0.25) is 0 Å². The topological polar surface area (TPSA) is 84.9 Å². The second-order valence-corrected chi connectivity index (χ2v) is 4.94. The van der Waals surface area contributed by atoms with E-state index in [1.807, 2.05) is 0 Å². The lowest BCUT2D eigenvalue weighted by Crippen LogP contribution is -2.44. The maximum Gasteiger partial charge on any atom is 0.408 e. The van der Waals surface area contributed by atoms with E-state index >= 15 is 0 Å². The molecule has 18 heavy (non-hydrogen) atoms. The Balaban J connectivity index is 4.31. The Morgan fingerprint density at radius 3 is 2.33 bits per heavy atom. The van der Waals surface area contributed by atoms with Crippen LogP contribution in [-0.2, 0) is 14.3 Å². The lowest BCUT2D eigenvalue weighted by atomic mass is 10.1. The first-order chi connectivity index (χ1) is 8.30. The quantitative estimate of drug-likeness (QED) is 0.554. The van der Waals surface area contributed by atoms with Crippen molar-refractivity contribution in [3.63, 3.8) is 0 Å². The third-order valence-corrected chi connectivity index (χ3v) is 2.08. The standard InChI is InChI=1S/C12H23NO5/c1-12(2,3)18-11(16)13-9(10(15)17-4)7-5-6-8-14/h9,14H,5-8H2,1-4H3,(H,13,16)/t9-/m0/s1. The van der Waals surface area contributed by atoms with Gasteiger partial charge in [0.25, 0.3) is 0 Å². The summed E-state index contributed by atoms with van der Waals surface area (Å²) in [4.78, 5) is 23.0. The van der Waals surface area contributed by atoms with E-state index < -0.39 is 23.7 Å². The number of rotatable bonds is 6. The van der Waals surface area contributed by atoms with E-state index in [0.29, 0.717) is 19.3 Å². The van der Waals surface area contributed by atoms with Gasteiger partial charge in [0.1, 0.15) is 11.6 Å². The van der Waals surface area contributed by atoms with Crippen molar-refractivity contribution in [1.29, 1.82) is 0 Å². The number of hydrogen-bond acceptors (Lipinski definition) is 5. The summed E-state index contributed by atoms with van der Waals surface area (Å²) in [6.45, 7) is 5.28. The Bertz CT molecular complexity index is 272. The van der Waals surface area contributed by atoms with E-state index in [1.165, 1.54) is 7.11 Å². The van der Waals surface area contributed by atoms with Crippen LogP contribution in [0.4, 0.5) is 4.79 Å². The minimum absolute atomic E-state index is 0.0559. The monoisotopic (exact) mass is 261 g/mol. The molecule has 0 unspecified atom stereocenters. The van der Waals surface area contributed by atoms with Gasteiger partial charge in [-0.1, -0.05) is 0 Å². The van der Waals surface area contributed by atoms with Crippen LogP contribution in [0.5, 0.6) is 0 Å². The molecule has 0 aromatic carbocycles. The number of alkyl carbamates (subject to hydrolysis) is 1. The summed E-state index contributed by atoms with van der Waals surface area (Å²) in [5, 5.41) is 11.1. The van der Waals surface area contributed by atoms with Gasteiger partial charge in [-0.25, -0.2) is 9.59 Å². The van der Waals surface area contributed by atoms with Gasteiger partial charge >= 0.3 is 12.1 Å². The van der Waals surface area contributed by atoms with Crippen LogP contribution in [0.15, 0.2) is 0 Å². The van der Waals surface area contributed by atoms with Gasteiger partial charge in [0.2, 0.25) is 0 Å². The molecule has 0 saturated carbocycles. The zero-order chi connectivity index (χ0) is 14.2. The number of aliphatic hydroxyl groups is 1. The maximum atomic E-state index is 11.5. The Labute approximate surface area is 108 Å². The molecule has 0 aromatic rings. The molecule has 0 fully saturated rings. The molecule has 0 aliphatic heterocycles. The SMILES string of the molecule is COC(=O)[C@H](CCCCO)NC(=O)OC(C)(C)C. The molecule has 1 atom stereocenters. The van der Waals surface area contributed by atoms with Gasteiger partial charge < -0.3 is 19.9 Å². The number of carbonyl (C=O) groups excluding carboxylic acids is 2. The fourth-order valence-corrected chi connectivity index (χ4v) is 1.30. The minimum Gasteiger partial charge on any atom is -0.467 e. The molecule has 0 saturated heterocycles. The average molecular weight is 261 g/mol. The number of hydrogen-bond donors (Lipinski definition) is 2. The Hall–Kier alpha value is -1.30. The van der Waals surface area contributed by atoms with E-state index in [4.69, 9.17) is 9.84 Å². The van der Waals surface area contributed by atoms with Crippen molar-refractivity contribution in [2.75, 3.05) is 13.7 Å². The van der Waals surface area contributed by atoms with E-state index in [-0.39, 0.29) is 6.61 Å². The van der Waals surface area contributed by atoms with Gasteiger partial charge in [-0.2, -0.15) is 0 Å². The van der Waals surface area contributed by atoms with Crippen molar-refractivity contribution >= 4 is 12.1 Å². The zero-order valence-electron chi connectivity index (χ0n) is 11.5. The Kier molecular flexibility index (Phi) is 7.35. The fourth-order valence-electron chi connectivity index (χ4n) is 1.30. The molecule has 1 amide bonds. The third-order valence-electron chi connectivity index (χ3n) is 2.08. The van der Waals surface area contributed by atoms with Crippen LogP contribution in [0.1, 0.15) is 40.0 Å². The number of ether oxygens (including phenoxy) is 2. The second-order valence-electron chi connectivity index (χ2n) is 4.94. The van der Waals surface area contributed by atoms with Gasteiger partial charge in [0, 0.05) is 6.61 Å². The first-order valence-corrected chi connectivity index (χ1v) is 5.98. The molecular formula is C12H23NO5. The van der Waals surface area contributed by atoms with E-state index in [9.17, 15) is 9.59 Å². The average Bonchev–Trinajstić information content (AvgIpc) is 2.24. The number of methoxy groups -OCH3 is 1. The van der Waals surface area contributed by atoms with Gasteiger partial charge in [-0.05, 0) is 40.0 Å². The van der Waals surface area contributed by atoms with Crippen molar-refractivity contribution < 1.29 is 24.2 Å². The molecule has 6 heteroatoms. The van der Waals surface area contributed by atoms with Gasteiger partial charge in [-0.3, -0.25) is 0 Å². The number of amides is 1. The van der Waals surface area contributed by atoms with Gasteiger partial charge in [-0.15, -0.1) is 0 Å². The summed E-state index contributed by atoms with van der Waals surface area (Å²) in [6, 6.07) is -0.739. The summed E-state index contributed by atoms with van der Waals surface area (Å²) < 4.78 is 9.66. The summed E-state index contributed by atoms with van der Waals surface area (Å²) in [7, 11) is 1.26. The molecule has 6 nitrogen and oxygen atoms in total. The van der Waals surface area contributed by atoms with Crippen molar-refractivity contribution in [1.82, 2.24) is 5.32 Å². The third kappa shape index (κ3) is 7.89. The Morgan fingerprint density at radius 2 is 1.89 bits per heavy atom. The van der Waals surface area contributed by atoms with E-state index in [0.717, 1.165) is 0 Å². The predicted octanol–water partition coefficient (Wildman–Crippen LogP) is 1.22. The summed E-state index contributed by atoms with van der Waals surface area (Å²) >= 11 is 0. The molecular weight excluding hydrogens is 238 g/mol. The van der Waals surface area contributed by atoms with Crippen LogP contribution in [0.25, 0.3) is 0 Å². The first-order valence-electron chi connectivity index (χ1n) is 5.98. The number of unbranched alkanes of at least 4 members (excludes halogenated alkanes) is 1. The molecule has 0 aliphatic rings. The van der Waals surface area contributed by atoms with Crippen LogP contribution < -0.4 is 5.32 Å². The molecule has 2 N–H and O–H groups in total. The molecule has 106 valence electrons. The molecule has 0 bridgehead atoms. The van der Waals surface area contributed by atoms with Crippen LogP contribution in [-0.4, -0.2) is 42.5 Å². The summed E-state index contributed by atoms with van der Waals surface area (Å²) in [5.41, 5.74) is -0.615. The van der Waals surface area contributed by atoms with Crippen LogP contribution in [0.3, 0.4) is 0 Å². The van der Waals surface area contributed by atoms with E-state index in [1.54, 1.807) is 20.8 Å². The highest BCUT2D eigenvalue weighted by atomic mass is 16.6. The van der Waals surface area contributed by atoms with Crippen LogP contribution >= 0.6 is 0 Å². The molecule has 0 aliphatic carbocycles. The predicted molar refractivity (Wildman–Crippen MR) is 66.1 cm³/mol. The lowest BCUT2D eigenvalue weighted by Gasteiger charge is -2.22. The van der Waals surface area contributed by atoms with Crippen molar-refractivity contribution in [2.24, 2.45) is 0 Å². The highest BCUT2D eigenvalue weighted by Crippen LogP contribution is 2.08. The summed E-state index contributed by atoms with van der Waals surface area (Å²) in [5.74, 6) is -0.515. The highest BCUT2D eigenvalue weighted by molar-refractivity contribution is 5.81. The van der Waals surface area contributed by atoms with Crippen molar-refractivity contribution in [2.45, 2.75) is 51.7 Å². The highest BCUT2D eigenvalue weighted by Gasteiger charge is 2.24. The normalized spacial score (nSPS) is 12.7. The zero-order valence-corrected chi connectivity index (χ0v) is 11.5. The first kappa shape index (κ1) is 16.7. The summed E-state index contributed by atoms with van der Waals surface area (Å²) in [6.07, 6.45) is 0.948. The van der Waals surface area contributed by atoms with Crippen molar-refractivity contribution in [3.05, 3.63) is 0 Å². The Morgan fingerprint density at radius 1 is 1.28 bits per heavy atom. The molecule has 0 spiro atoms.